The number of hydrogen-bond donors (Lipinski definition) is 4. The average Bonchev–Trinajstić information content (AvgIpc) is 3.18. The summed E-state index contributed by atoms with van der Waals surface area (Å²) in [6, 6.07) is 0. The molecule has 5 aliphatic rings. The van der Waals surface area contributed by atoms with Crippen LogP contribution in [0.15, 0.2) is 59.9 Å². The largest absolute Gasteiger partial charge is 0.466 e. The van der Waals surface area contributed by atoms with Crippen molar-refractivity contribution in [1.29, 1.82) is 0 Å². The highest BCUT2D eigenvalue weighted by Gasteiger charge is 2.67. The number of ether oxygens (including phenoxy) is 8. The number of esters is 5. The Hall–Kier alpha value is -4.39. The van der Waals surface area contributed by atoms with Crippen molar-refractivity contribution in [2.24, 2.45) is 16.7 Å². The van der Waals surface area contributed by atoms with Gasteiger partial charge in [0, 0.05) is 44.8 Å². The minimum absolute atomic E-state index is 0.0401. The SMILES string of the molecule is CCC/C=C/C=C/C(=O)O[C@H]1[C@H]2C=C3C[C@H]([C@@H](C)O)OC(=O)C[C@H](O)C[C@@H]4C[C@H](OC(C)=O)C(C)(C)[C@](O)(C[C@@H]5C/C(=C/C(=O)OC)C[C@H](/C=C/C(C)(C)[C@]1(OC(=O)[C@H]2O)O3)O5)O4. The zero-order valence-electron chi connectivity index (χ0n) is 37.4. The molecule has 0 radical (unpaired) electrons. The summed E-state index contributed by atoms with van der Waals surface area (Å²) in [5, 5.41) is 45.9. The lowest BCUT2D eigenvalue weighted by molar-refractivity contribution is -0.348. The van der Waals surface area contributed by atoms with Crippen LogP contribution in [-0.4, -0.2) is 124 Å². The molecular formula is C46H64O17. The van der Waals surface area contributed by atoms with Gasteiger partial charge in [-0.2, -0.15) is 0 Å². The summed E-state index contributed by atoms with van der Waals surface area (Å²) in [6.45, 7) is 11.3. The van der Waals surface area contributed by atoms with Gasteiger partial charge in [0.2, 0.25) is 0 Å². The molecule has 0 unspecified atom stereocenters. The zero-order chi connectivity index (χ0) is 46.5. The Morgan fingerprint density at radius 1 is 0.968 bits per heavy atom. The number of fused-ring (bicyclic) bond motifs is 6. The molecule has 3 saturated heterocycles. The van der Waals surface area contributed by atoms with Crippen LogP contribution in [0.5, 0.6) is 0 Å². The summed E-state index contributed by atoms with van der Waals surface area (Å²) in [7, 11) is 1.24. The van der Waals surface area contributed by atoms with E-state index in [4.69, 9.17) is 37.9 Å². The Kier molecular flexibility index (Phi) is 15.9. The van der Waals surface area contributed by atoms with Crippen LogP contribution in [0.1, 0.15) is 106 Å². The molecule has 7 bridgehead atoms. The Balaban J connectivity index is 1.63. The van der Waals surface area contributed by atoms with Crippen LogP contribution in [0, 0.1) is 16.7 Å². The van der Waals surface area contributed by atoms with Crippen LogP contribution in [-0.2, 0) is 61.9 Å². The van der Waals surface area contributed by atoms with Crippen molar-refractivity contribution in [3.63, 3.8) is 0 Å². The molecule has 0 aliphatic carbocycles. The third kappa shape index (κ3) is 11.5. The van der Waals surface area contributed by atoms with Crippen molar-refractivity contribution in [2.75, 3.05) is 7.11 Å². The van der Waals surface area contributed by atoms with Crippen LogP contribution in [0.25, 0.3) is 0 Å². The van der Waals surface area contributed by atoms with Gasteiger partial charge < -0.3 is 58.3 Å². The van der Waals surface area contributed by atoms with Crippen molar-refractivity contribution < 1.29 is 82.3 Å². The summed E-state index contributed by atoms with van der Waals surface area (Å²) in [5.74, 6) is -9.42. The first kappa shape index (κ1) is 49.6. The van der Waals surface area contributed by atoms with Crippen LogP contribution < -0.4 is 0 Å². The highest BCUT2D eigenvalue weighted by Crippen LogP contribution is 2.53. The number of allylic oxidation sites excluding steroid dienone is 3. The summed E-state index contributed by atoms with van der Waals surface area (Å²) in [6.07, 6.45) is 2.49. The second kappa shape index (κ2) is 20.2. The fraction of sp³-hybridized carbons (Fsp3) is 0.674. The molecule has 12 atom stereocenters. The molecule has 5 aliphatic heterocycles. The van der Waals surface area contributed by atoms with Crippen LogP contribution in [0.4, 0.5) is 0 Å². The molecule has 0 amide bonds. The maximum atomic E-state index is 13.5. The summed E-state index contributed by atoms with van der Waals surface area (Å²) in [4.78, 5) is 65.2. The fourth-order valence-corrected chi connectivity index (χ4v) is 8.82. The number of rotatable bonds is 8. The molecule has 0 aromatic carbocycles. The van der Waals surface area contributed by atoms with Gasteiger partial charge in [-0.3, -0.25) is 9.59 Å². The molecule has 0 saturated carbocycles. The van der Waals surface area contributed by atoms with Gasteiger partial charge in [-0.15, -0.1) is 0 Å². The second-order valence-corrected chi connectivity index (χ2v) is 18.2. The van der Waals surface area contributed by atoms with Crippen molar-refractivity contribution in [1.82, 2.24) is 0 Å². The van der Waals surface area contributed by atoms with Crippen LogP contribution in [0.2, 0.25) is 0 Å². The van der Waals surface area contributed by atoms with E-state index in [1.807, 2.05) is 13.0 Å². The lowest BCUT2D eigenvalue weighted by Crippen LogP contribution is -2.69. The molecular weight excluding hydrogens is 824 g/mol. The van der Waals surface area contributed by atoms with Gasteiger partial charge in [-0.25, -0.2) is 14.4 Å². The standard InChI is InChI=1S/C46H64O17/c1-9-10-11-12-13-14-37(50)60-41-34-22-32-23-35(26(2)47)59-39(52)21-29(49)20-31-24-36(57-27(3)48)44(6,7)45(55,61-31)25-33-18-28(19-38(51)56-8)17-30(58-33)15-16-43(4,5)46(41,62-32)63-42(54)40(34)53/h11-16,19,22,26,29-31,33-36,40-41,47,49,53,55H,9-10,17-18,20-21,23-25H2,1-8H3/b12-11+,14-13+,16-15+,28-19+/t26-,29-,30+,31-,33+,34+,35-,36+,40+,41+,45+,46+/m1/s1. The number of aliphatic hydroxyl groups is 4. The van der Waals surface area contributed by atoms with E-state index in [2.05, 4.69) is 0 Å². The molecule has 0 aromatic rings. The van der Waals surface area contributed by atoms with E-state index < -0.39 is 120 Å². The summed E-state index contributed by atoms with van der Waals surface area (Å²) in [5.41, 5.74) is -2.08. The van der Waals surface area contributed by atoms with E-state index in [1.54, 1.807) is 45.9 Å². The highest BCUT2D eigenvalue weighted by molar-refractivity contribution is 5.83. The first-order chi connectivity index (χ1) is 29.5. The van der Waals surface area contributed by atoms with E-state index in [0.29, 0.717) is 5.57 Å². The van der Waals surface area contributed by atoms with E-state index >= 15 is 0 Å². The van der Waals surface area contributed by atoms with E-state index in [-0.39, 0.29) is 44.3 Å². The van der Waals surface area contributed by atoms with E-state index in [9.17, 15) is 44.4 Å². The van der Waals surface area contributed by atoms with Crippen molar-refractivity contribution in [2.45, 2.75) is 173 Å². The summed E-state index contributed by atoms with van der Waals surface area (Å²) >= 11 is 0. The Labute approximate surface area is 368 Å². The highest BCUT2D eigenvalue weighted by atomic mass is 16.8. The first-order valence-corrected chi connectivity index (χ1v) is 21.6. The number of cyclic esters (lactones) is 1. The molecule has 17 nitrogen and oxygen atoms in total. The topological polar surface area (TPSA) is 240 Å². The van der Waals surface area contributed by atoms with Crippen molar-refractivity contribution in [3.05, 3.63) is 59.9 Å². The number of methoxy groups -OCH3 is 1. The van der Waals surface area contributed by atoms with Gasteiger partial charge in [0.15, 0.2) is 18.0 Å². The predicted octanol–water partition coefficient (Wildman–Crippen LogP) is 3.85. The van der Waals surface area contributed by atoms with E-state index in [1.165, 1.54) is 45.3 Å². The van der Waals surface area contributed by atoms with Gasteiger partial charge in [0.05, 0.1) is 60.8 Å². The zero-order valence-corrected chi connectivity index (χ0v) is 37.4. The van der Waals surface area contributed by atoms with E-state index in [0.717, 1.165) is 12.8 Å². The van der Waals surface area contributed by atoms with Gasteiger partial charge in [0.25, 0.3) is 5.79 Å². The number of carbonyl (C=O) groups is 5. The average molecular weight is 889 g/mol. The molecule has 1 spiro atoms. The Morgan fingerprint density at radius 3 is 2.37 bits per heavy atom. The maximum absolute atomic E-state index is 13.5. The van der Waals surface area contributed by atoms with Crippen molar-refractivity contribution in [3.8, 4) is 0 Å². The smallest absolute Gasteiger partial charge is 0.339 e. The normalized spacial score (nSPS) is 37.4. The molecule has 17 heteroatoms. The quantitative estimate of drug-likeness (QED) is 0.0890. The van der Waals surface area contributed by atoms with Gasteiger partial charge in [-0.05, 0) is 46.1 Å². The number of unbranched alkanes of at least 4 members (excludes halogenated alkanes) is 1. The molecule has 4 N–H and O–H groups in total. The van der Waals surface area contributed by atoms with Gasteiger partial charge in [-0.1, -0.05) is 63.1 Å². The maximum Gasteiger partial charge on any atom is 0.339 e. The Bertz CT molecular complexity index is 1860. The predicted molar refractivity (Wildman–Crippen MR) is 221 cm³/mol. The van der Waals surface area contributed by atoms with Crippen LogP contribution >= 0.6 is 0 Å². The third-order valence-electron chi connectivity index (χ3n) is 12.5. The van der Waals surface area contributed by atoms with Gasteiger partial charge >= 0.3 is 29.8 Å². The Morgan fingerprint density at radius 2 is 1.70 bits per heavy atom. The number of hydrogen-bond acceptors (Lipinski definition) is 17. The molecule has 5 heterocycles. The molecule has 3 fully saturated rings. The number of aliphatic hydroxyl groups excluding tert-OH is 3. The first-order valence-electron chi connectivity index (χ1n) is 21.6. The fourth-order valence-electron chi connectivity index (χ4n) is 8.82. The third-order valence-corrected chi connectivity index (χ3v) is 12.5. The number of carbonyl (C=O) groups excluding carboxylic acids is 5. The molecule has 5 rings (SSSR count). The second-order valence-electron chi connectivity index (χ2n) is 18.2. The minimum atomic E-state index is -2.17. The van der Waals surface area contributed by atoms with Crippen LogP contribution in [0.3, 0.4) is 0 Å². The summed E-state index contributed by atoms with van der Waals surface area (Å²) < 4.78 is 47.9. The van der Waals surface area contributed by atoms with Crippen molar-refractivity contribution >= 4 is 29.8 Å². The monoisotopic (exact) mass is 888 g/mol. The minimum Gasteiger partial charge on any atom is -0.466 e. The lowest BCUT2D eigenvalue weighted by atomic mass is 9.70. The van der Waals surface area contributed by atoms with Gasteiger partial charge in [0.1, 0.15) is 18.0 Å². The molecule has 63 heavy (non-hydrogen) atoms. The molecule has 0 aromatic heterocycles. The molecule has 350 valence electrons. The lowest BCUT2D eigenvalue weighted by Gasteiger charge is -2.55.